The first-order valence-electron chi connectivity index (χ1n) is 5.70. The van der Waals surface area contributed by atoms with Gasteiger partial charge in [0.1, 0.15) is 6.04 Å². The molecule has 0 spiro atoms. The fraction of sp³-hybridized carbons (Fsp3) is 0.909. The second-order valence-corrected chi connectivity index (χ2v) is 4.34. The van der Waals surface area contributed by atoms with Crippen LogP contribution in [0.15, 0.2) is 0 Å². The van der Waals surface area contributed by atoms with E-state index >= 15 is 0 Å². The van der Waals surface area contributed by atoms with Crippen molar-refractivity contribution in [3.05, 3.63) is 0 Å². The highest BCUT2D eigenvalue weighted by atomic mass is 16.7. The summed E-state index contributed by atoms with van der Waals surface area (Å²) in [4.78, 5) is 5.82. The third-order valence-electron chi connectivity index (χ3n) is 3.25. The quantitative estimate of drug-likeness (QED) is 0.676. The molecule has 0 bridgehead atoms. The van der Waals surface area contributed by atoms with E-state index in [2.05, 4.69) is 13.0 Å². The van der Waals surface area contributed by atoms with Gasteiger partial charge in [-0.25, -0.2) is 0 Å². The predicted molar refractivity (Wildman–Crippen MR) is 53.3 cm³/mol. The molecule has 3 heteroatoms. The molecule has 0 unspecified atom stereocenters. The van der Waals surface area contributed by atoms with E-state index in [0.717, 1.165) is 19.3 Å². The Labute approximate surface area is 85.6 Å². The highest BCUT2D eigenvalue weighted by molar-refractivity contribution is 4.97. The standard InChI is InChI=1S/C11H18N2O/c1-2-4-11-7-9-5-3-6-10(8-12)13(9)14-11/h9-11H,2-7H2,1H3/t9-,10-,11+/m0/s1. The molecule has 0 aromatic carbocycles. The van der Waals surface area contributed by atoms with Crippen LogP contribution in [0.4, 0.5) is 0 Å². The lowest BCUT2D eigenvalue weighted by Crippen LogP contribution is -2.40. The molecule has 14 heavy (non-hydrogen) atoms. The summed E-state index contributed by atoms with van der Waals surface area (Å²) in [5.41, 5.74) is 0. The van der Waals surface area contributed by atoms with Gasteiger partial charge in [0.2, 0.25) is 0 Å². The molecule has 3 nitrogen and oxygen atoms in total. The molecular formula is C11H18N2O. The molecule has 0 aromatic rings. The van der Waals surface area contributed by atoms with Crippen molar-refractivity contribution in [3.63, 3.8) is 0 Å². The first-order chi connectivity index (χ1) is 6.85. The summed E-state index contributed by atoms with van der Waals surface area (Å²) in [6, 6.07) is 2.87. The second kappa shape index (κ2) is 4.29. The van der Waals surface area contributed by atoms with Gasteiger partial charge in [0, 0.05) is 6.04 Å². The Morgan fingerprint density at radius 3 is 3.07 bits per heavy atom. The molecule has 0 N–H and O–H groups in total. The normalized spacial score (nSPS) is 37.9. The SMILES string of the molecule is CCC[C@@H]1C[C@@H]2CCC[C@@H](C#N)N2O1. The average molecular weight is 194 g/mol. The van der Waals surface area contributed by atoms with Crippen molar-refractivity contribution in [1.82, 2.24) is 5.06 Å². The Morgan fingerprint density at radius 2 is 2.36 bits per heavy atom. The van der Waals surface area contributed by atoms with Crippen molar-refractivity contribution in [1.29, 1.82) is 5.26 Å². The molecule has 0 saturated carbocycles. The molecule has 2 heterocycles. The Balaban J connectivity index is 1.97. The summed E-state index contributed by atoms with van der Waals surface area (Å²) in [6.45, 7) is 2.18. The van der Waals surface area contributed by atoms with Gasteiger partial charge in [-0.05, 0) is 32.1 Å². The van der Waals surface area contributed by atoms with Gasteiger partial charge >= 0.3 is 0 Å². The van der Waals surface area contributed by atoms with Crippen LogP contribution in [0.5, 0.6) is 0 Å². The lowest BCUT2D eigenvalue weighted by atomic mass is 9.95. The molecule has 2 aliphatic heterocycles. The first kappa shape index (κ1) is 9.95. The van der Waals surface area contributed by atoms with E-state index in [-0.39, 0.29) is 6.04 Å². The molecule has 0 aliphatic carbocycles. The minimum Gasteiger partial charge on any atom is -0.294 e. The summed E-state index contributed by atoms with van der Waals surface area (Å²) >= 11 is 0. The zero-order valence-electron chi connectivity index (χ0n) is 8.78. The number of nitrogens with zero attached hydrogens (tertiary/aromatic N) is 2. The number of nitriles is 1. The van der Waals surface area contributed by atoms with Gasteiger partial charge in [-0.3, -0.25) is 4.84 Å². The highest BCUT2D eigenvalue weighted by Crippen LogP contribution is 2.34. The van der Waals surface area contributed by atoms with Crippen LogP contribution < -0.4 is 0 Å². The maximum Gasteiger partial charge on any atom is 0.122 e. The topological polar surface area (TPSA) is 36.3 Å². The van der Waals surface area contributed by atoms with E-state index < -0.39 is 0 Å². The van der Waals surface area contributed by atoms with E-state index in [0.29, 0.717) is 12.1 Å². The first-order valence-corrected chi connectivity index (χ1v) is 5.70. The van der Waals surface area contributed by atoms with E-state index in [1.165, 1.54) is 19.3 Å². The largest absolute Gasteiger partial charge is 0.294 e. The van der Waals surface area contributed by atoms with E-state index in [4.69, 9.17) is 10.1 Å². The molecular weight excluding hydrogens is 176 g/mol. The fourth-order valence-corrected chi connectivity index (χ4v) is 2.57. The minimum absolute atomic E-state index is 0.00982. The molecule has 0 amide bonds. The molecule has 0 radical (unpaired) electrons. The van der Waals surface area contributed by atoms with Gasteiger partial charge < -0.3 is 0 Å². The zero-order chi connectivity index (χ0) is 9.97. The Morgan fingerprint density at radius 1 is 1.50 bits per heavy atom. The number of hydrogen-bond donors (Lipinski definition) is 0. The molecule has 3 atom stereocenters. The van der Waals surface area contributed by atoms with Crippen molar-refractivity contribution >= 4 is 0 Å². The molecule has 2 fully saturated rings. The van der Waals surface area contributed by atoms with Crippen LogP contribution in [-0.2, 0) is 4.84 Å². The Bertz CT molecular complexity index is 236. The van der Waals surface area contributed by atoms with Crippen molar-refractivity contribution in [2.24, 2.45) is 0 Å². The number of fused-ring (bicyclic) bond motifs is 1. The summed E-state index contributed by atoms with van der Waals surface area (Å²) in [6.07, 6.45) is 7.17. The Kier molecular flexibility index (Phi) is 3.05. The van der Waals surface area contributed by atoms with Crippen LogP contribution >= 0.6 is 0 Å². The van der Waals surface area contributed by atoms with Crippen LogP contribution in [0, 0.1) is 11.3 Å². The maximum absolute atomic E-state index is 8.98. The molecule has 2 aliphatic rings. The summed E-state index contributed by atoms with van der Waals surface area (Å²) in [5.74, 6) is 0. The summed E-state index contributed by atoms with van der Waals surface area (Å²) in [5, 5.41) is 11.0. The zero-order valence-corrected chi connectivity index (χ0v) is 8.78. The van der Waals surface area contributed by atoms with Gasteiger partial charge in [0.15, 0.2) is 0 Å². The smallest absolute Gasteiger partial charge is 0.122 e. The maximum atomic E-state index is 8.98. The van der Waals surface area contributed by atoms with Crippen molar-refractivity contribution in [3.8, 4) is 6.07 Å². The van der Waals surface area contributed by atoms with E-state index in [9.17, 15) is 0 Å². The van der Waals surface area contributed by atoms with Crippen LogP contribution in [0.3, 0.4) is 0 Å². The van der Waals surface area contributed by atoms with Crippen molar-refractivity contribution in [2.75, 3.05) is 0 Å². The van der Waals surface area contributed by atoms with Crippen molar-refractivity contribution < 1.29 is 4.84 Å². The van der Waals surface area contributed by atoms with Gasteiger partial charge in [0.25, 0.3) is 0 Å². The second-order valence-electron chi connectivity index (χ2n) is 4.34. The summed E-state index contributed by atoms with van der Waals surface area (Å²) < 4.78 is 0. The van der Waals surface area contributed by atoms with Crippen molar-refractivity contribution in [2.45, 2.75) is 63.6 Å². The predicted octanol–water partition coefficient (Wildman–Crippen LogP) is 2.24. The highest BCUT2D eigenvalue weighted by Gasteiger charge is 2.39. The lowest BCUT2D eigenvalue weighted by Gasteiger charge is -2.31. The number of hydroxylamine groups is 2. The number of rotatable bonds is 2. The van der Waals surface area contributed by atoms with E-state index in [1.54, 1.807) is 0 Å². The average Bonchev–Trinajstić information content (AvgIpc) is 2.60. The molecule has 2 rings (SSSR count). The number of piperidine rings is 1. The lowest BCUT2D eigenvalue weighted by molar-refractivity contribution is -0.189. The molecule has 2 saturated heterocycles. The Hall–Kier alpha value is -0.590. The van der Waals surface area contributed by atoms with Gasteiger partial charge in [-0.2, -0.15) is 10.3 Å². The molecule has 78 valence electrons. The number of hydrogen-bond acceptors (Lipinski definition) is 3. The monoisotopic (exact) mass is 194 g/mol. The van der Waals surface area contributed by atoms with Gasteiger partial charge in [-0.15, -0.1) is 0 Å². The van der Waals surface area contributed by atoms with Gasteiger partial charge in [-0.1, -0.05) is 13.3 Å². The minimum atomic E-state index is 0.00982. The molecule has 0 aromatic heterocycles. The van der Waals surface area contributed by atoms with Crippen LogP contribution in [0.25, 0.3) is 0 Å². The van der Waals surface area contributed by atoms with E-state index in [1.807, 2.05) is 5.06 Å². The summed E-state index contributed by atoms with van der Waals surface area (Å²) in [7, 11) is 0. The van der Waals surface area contributed by atoms with Crippen LogP contribution in [0.1, 0.15) is 45.4 Å². The van der Waals surface area contributed by atoms with Gasteiger partial charge in [0.05, 0.1) is 12.2 Å². The fourth-order valence-electron chi connectivity index (χ4n) is 2.57. The van der Waals surface area contributed by atoms with Crippen LogP contribution in [-0.4, -0.2) is 23.3 Å². The third-order valence-corrected chi connectivity index (χ3v) is 3.25. The van der Waals surface area contributed by atoms with Crippen LogP contribution in [0.2, 0.25) is 0 Å². The third kappa shape index (κ3) is 1.77.